The molecule has 2 rings (SSSR count). The Morgan fingerprint density at radius 3 is 2.58 bits per heavy atom. The summed E-state index contributed by atoms with van der Waals surface area (Å²) in [6.07, 6.45) is 2.34. The van der Waals surface area contributed by atoms with E-state index >= 15 is 0 Å². The zero-order valence-electron chi connectivity index (χ0n) is 12.2. The SMILES string of the molecule is CC(C)(C)NCc1ccc(CSC2CCOCC2)o1. The number of nitrogens with one attached hydrogen (secondary N) is 1. The Kier molecular flexibility index (Phi) is 5.37. The maximum absolute atomic E-state index is 5.86. The van der Waals surface area contributed by atoms with Gasteiger partial charge in [0.05, 0.1) is 12.3 Å². The van der Waals surface area contributed by atoms with E-state index in [1.165, 1.54) is 12.8 Å². The lowest BCUT2D eigenvalue weighted by Gasteiger charge is -2.21. The van der Waals surface area contributed by atoms with Crippen LogP contribution in [0.15, 0.2) is 16.5 Å². The van der Waals surface area contributed by atoms with Crippen LogP contribution in [-0.2, 0) is 17.0 Å². The van der Waals surface area contributed by atoms with Crippen LogP contribution in [0.4, 0.5) is 0 Å². The van der Waals surface area contributed by atoms with Gasteiger partial charge in [-0.25, -0.2) is 0 Å². The number of hydrogen-bond donors (Lipinski definition) is 1. The van der Waals surface area contributed by atoms with Crippen LogP contribution in [0.25, 0.3) is 0 Å². The smallest absolute Gasteiger partial charge is 0.118 e. The van der Waals surface area contributed by atoms with Crippen molar-refractivity contribution in [2.45, 2.75) is 56.7 Å². The van der Waals surface area contributed by atoms with Gasteiger partial charge in [-0.1, -0.05) is 0 Å². The van der Waals surface area contributed by atoms with Gasteiger partial charge in [-0.3, -0.25) is 0 Å². The summed E-state index contributed by atoms with van der Waals surface area (Å²) in [5, 5.41) is 4.17. The van der Waals surface area contributed by atoms with E-state index in [0.29, 0.717) is 0 Å². The fourth-order valence-electron chi connectivity index (χ4n) is 1.99. The molecule has 0 aliphatic carbocycles. The maximum Gasteiger partial charge on any atom is 0.118 e. The van der Waals surface area contributed by atoms with Gasteiger partial charge in [-0.2, -0.15) is 11.8 Å². The van der Waals surface area contributed by atoms with Crippen molar-refractivity contribution in [2.24, 2.45) is 0 Å². The van der Waals surface area contributed by atoms with Crippen LogP contribution in [0.3, 0.4) is 0 Å². The lowest BCUT2D eigenvalue weighted by Crippen LogP contribution is -2.34. The molecule has 0 spiro atoms. The highest BCUT2D eigenvalue weighted by Gasteiger charge is 2.15. The molecule has 0 atom stereocenters. The van der Waals surface area contributed by atoms with Crippen molar-refractivity contribution < 1.29 is 9.15 Å². The zero-order chi connectivity index (χ0) is 13.7. The molecule has 1 saturated heterocycles. The lowest BCUT2D eigenvalue weighted by atomic mass is 10.1. The normalized spacial score (nSPS) is 17.8. The summed E-state index contributed by atoms with van der Waals surface area (Å²) in [5.41, 5.74) is 0.129. The van der Waals surface area contributed by atoms with Crippen LogP contribution in [0.1, 0.15) is 45.1 Å². The Hall–Kier alpha value is -0.450. The molecule has 2 heterocycles. The standard InChI is InChI=1S/C15H25NO2S/c1-15(2,3)16-10-12-4-5-13(18-12)11-19-14-6-8-17-9-7-14/h4-5,14,16H,6-11H2,1-3H3. The van der Waals surface area contributed by atoms with Gasteiger partial charge >= 0.3 is 0 Å². The van der Waals surface area contributed by atoms with Gasteiger partial charge in [0.15, 0.2) is 0 Å². The fraction of sp³-hybridized carbons (Fsp3) is 0.733. The van der Waals surface area contributed by atoms with Gasteiger partial charge in [0.2, 0.25) is 0 Å². The predicted molar refractivity (Wildman–Crippen MR) is 80.4 cm³/mol. The Labute approximate surface area is 120 Å². The van der Waals surface area contributed by atoms with Crippen LogP contribution in [0, 0.1) is 0 Å². The quantitative estimate of drug-likeness (QED) is 0.895. The molecule has 0 bridgehead atoms. The Balaban J connectivity index is 1.74. The number of furan rings is 1. The van der Waals surface area contributed by atoms with Crippen molar-refractivity contribution in [3.63, 3.8) is 0 Å². The van der Waals surface area contributed by atoms with Gasteiger partial charge in [0, 0.05) is 24.0 Å². The number of thioether (sulfide) groups is 1. The first-order chi connectivity index (χ1) is 9.03. The first kappa shape index (κ1) is 14.9. The summed E-state index contributed by atoms with van der Waals surface area (Å²) in [7, 11) is 0. The van der Waals surface area contributed by atoms with E-state index in [4.69, 9.17) is 9.15 Å². The summed E-state index contributed by atoms with van der Waals surface area (Å²) in [6.45, 7) is 9.12. The number of rotatable bonds is 5. The molecule has 0 aromatic carbocycles. The monoisotopic (exact) mass is 283 g/mol. The molecular weight excluding hydrogens is 258 g/mol. The van der Waals surface area contributed by atoms with E-state index in [0.717, 1.165) is 42.3 Å². The van der Waals surface area contributed by atoms with Crippen molar-refractivity contribution >= 4 is 11.8 Å². The van der Waals surface area contributed by atoms with Gasteiger partial charge in [0.25, 0.3) is 0 Å². The van der Waals surface area contributed by atoms with Gasteiger partial charge < -0.3 is 14.5 Å². The summed E-state index contributed by atoms with van der Waals surface area (Å²) < 4.78 is 11.2. The molecule has 108 valence electrons. The van der Waals surface area contributed by atoms with E-state index in [-0.39, 0.29) is 5.54 Å². The van der Waals surface area contributed by atoms with Crippen molar-refractivity contribution in [2.75, 3.05) is 13.2 Å². The Morgan fingerprint density at radius 2 is 1.89 bits per heavy atom. The molecule has 1 aromatic heterocycles. The average Bonchev–Trinajstić information content (AvgIpc) is 2.82. The topological polar surface area (TPSA) is 34.4 Å². The highest BCUT2D eigenvalue weighted by molar-refractivity contribution is 7.99. The minimum Gasteiger partial charge on any atom is -0.464 e. The average molecular weight is 283 g/mol. The maximum atomic E-state index is 5.86. The summed E-state index contributed by atoms with van der Waals surface area (Å²) >= 11 is 1.99. The number of ether oxygens (including phenoxy) is 1. The minimum absolute atomic E-state index is 0.129. The second kappa shape index (κ2) is 6.82. The molecule has 1 aliphatic rings. The van der Waals surface area contributed by atoms with Gasteiger partial charge in [-0.15, -0.1) is 0 Å². The summed E-state index contributed by atoms with van der Waals surface area (Å²) in [5.74, 6) is 3.08. The van der Waals surface area contributed by atoms with Gasteiger partial charge in [-0.05, 0) is 45.7 Å². The third-order valence-corrected chi connectivity index (χ3v) is 4.53. The van der Waals surface area contributed by atoms with Crippen LogP contribution in [-0.4, -0.2) is 24.0 Å². The molecular formula is C15H25NO2S. The summed E-state index contributed by atoms with van der Waals surface area (Å²) in [4.78, 5) is 0. The molecule has 1 N–H and O–H groups in total. The van der Waals surface area contributed by atoms with Crippen LogP contribution >= 0.6 is 11.8 Å². The molecule has 1 aliphatic heterocycles. The van der Waals surface area contributed by atoms with Crippen molar-refractivity contribution in [3.05, 3.63) is 23.7 Å². The molecule has 0 radical (unpaired) electrons. The lowest BCUT2D eigenvalue weighted by molar-refractivity contribution is 0.1000. The molecule has 0 amide bonds. The largest absolute Gasteiger partial charge is 0.464 e. The van der Waals surface area contributed by atoms with E-state index in [1.807, 2.05) is 11.8 Å². The first-order valence-electron chi connectivity index (χ1n) is 7.05. The van der Waals surface area contributed by atoms with Crippen LogP contribution in [0.5, 0.6) is 0 Å². The first-order valence-corrected chi connectivity index (χ1v) is 8.10. The number of hydrogen-bond acceptors (Lipinski definition) is 4. The van der Waals surface area contributed by atoms with E-state index < -0.39 is 0 Å². The predicted octanol–water partition coefficient (Wildman–Crippen LogP) is 3.58. The van der Waals surface area contributed by atoms with Crippen molar-refractivity contribution in [1.29, 1.82) is 0 Å². The molecule has 3 nitrogen and oxygen atoms in total. The second-order valence-corrected chi connectivity index (χ2v) is 7.38. The van der Waals surface area contributed by atoms with Crippen molar-refractivity contribution in [1.82, 2.24) is 5.32 Å². The third kappa shape index (κ3) is 5.59. The van der Waals surface area contributed by atoms with Crippen LogP contribution in [0.2, 0.25) is 0 Å². The third-order valence-electron chi connectivity index (χ3n) is 3.14. The highest BCUT2D eigenvalue weighted by atomic mass is 32.2. The molecule has 0 unspecified atom stereocenters. The van der Waals surface area contributed by atoms with Crippen molar-refractivity contribution in [3.8, 4) is 0 Å². The summed E-state index contributed by atoms with van der Waals surface area (Å²) in [6, 6.07) is 4.19. The molecule has 4 heteroatoms. The van der Waals surface area contributed by atoms with E-state index in [9.17, 15) is 0 Å². The molecule has 19 heavy (non-hydrogen) atoms. The minimum atomic E-state index is 0.129. The molecule has 1 fully saturated rings. The van der Waals surface area contributed by atoms with Gasteiger partial charge in [0.1, 0.15) is 11.5 Å². The molecule has 1 aromatic rings. The van der Waals surface area contributed by atoms with E-state index in [2.05, 4.69) is 38.2 Å². The zero-order valence-corrected chi connectivity index (χ0v) is 13.0. The highest BCUT2D eigenvalue weighted by Crippen LogP contribution is 2.26. The van der Waals surface area contributed by atoms with Crippen LogP contribution < -0.4 is 5.32 Å². The second-order valence-electron chi connectivity index (χ2n) is 6.09. The Morgan fingerprint density at radius 1 is 1.21 bits per heavy atom. The van der Waals surface area contributed by atoms with E-state index in [1.54, 1.807) is 0 Å². The molecule has 0 saturated carbocycles. The fourth-order valence-corrected chi connectivity index (χ4v) is 3.07. The Bertz CT molecular complexity index is 378.